The molecule has 7 nitrogen and oxygen atoms in total. The number of carbonyl (C=O) groups is 2. The van der Waals surface area contributed by atoms with Gasteiger partial charge in [0.05, 0.1) is 0 Å². The Morgan fingerprint density at radius 2 is 1.90 bits per heavy atom. The van der Waals surface area contributed by atoms with Gasteiger partial charge in [0.15, 0.2) is 0 Å². The van der Waals surface area contributed by atoms with E-state index in [9.17, 15) is 9.59 Å². The highest BCUT2D eigenvalue weighted by Crippen LogP contribution is 2.34. The van der Waals surface area contributed by atoms with Gasteiger partial charge in [-0.25, -0.2) is 4.79 Å². The topological polar surface area (TPSA) is 85.5 Å². The Labute approximate surface area is 191 Å². The lowest BCUT2D eigenvalue weighted by Crippen LogP contribution is -2.36. The maximum Gasteiger partial charge on any atom is 0.410 e. The zero-order valence-corrected chi connectivity index (χ0v) is 20.6. The molecule has 0 bridgehead atoms. The van der Waals surface area contributed by atoms with Gasteiger partial charge in [-0.15, -0.1) is 10.2 Å². The molecule has 1 aliphatic heterocycles. The van der Waals surface area contributed by atoms with E-state index in [4.69, 9.17) is 9.15 Å². The van der Waals surface area contributed by atoms with Crippen LogP contribution in [0.2, 0.25) is 0 Å². The lowest BCUT2D eigenvalue weighted by atomic mass is 9.88. The summed E-state index contributed by atoms with van der Waals surface area (Å²) in [6.07, 6.45) is 0.528. The third kappa shape index (κ3) is 5.93. The van der Waals surface area contributed by atoms with Crippen LogP contribution in [0, 0.1) is 0 Å². The van der Waals surface area contributed by atoms with Gasteiger partial charge in [0.1, 0.15) is 5.60 Å². The summed E-state index contributed by atoms with van der Waals surface area (Å²) in [7, 11) is 0. The molecule has 8 heteroatoms. The van der Waals surface area contributed by atoms with Crippen molar-refractivity contribution in [3.8, 4) is 0 Å². The molecule has 2 heterocycles. The lowest BCUT2D eigenvalue weighted by molar-refractivity contribution is 0.0234. The third-order valence-electron chi connectivity index (χ3n) is 5.04. The Morgan fingerprint density at radius 3 is 2.52 bits per heavy atom. The van der Waals surface area contributed by atoms with Crippen LogP contribution in [-0.2, 0) is 16.7 Å². The van der Waals surface area contributed by atoms with Crippen molar-refractivity contribution in [3.63, 3.8) is 0 Å². The minimum atomic E-state index is -0.568. The molecular weight excluding hydrogens is 462 g/mol. The summed E-state index contributed by atoms with van der Waals surface area (Å²) in [6, 6.07) is 5.98. The van der Waals surface area contributed by atoms with Gasteiger partial charge in [-0.2, -0.15) is 0 Å². The van der Waals surface area contributed by atoms with Crippen molar-refractivity contribution in [2.45, 2.75) is 77.9 Å². The number of fused-ring (bicyclic) bond motifs is 1. The third-order valence-corrected chi connectivity index (χ3v) is 5.54. The molecular formula is C23H30BrN3O4. The molecule has 1 aromatic carbocycles. The number of carbonyl (C=O) groups excluding carboxylic acids is 2. The van der Waals surface area contributed by atoms with Gasteiger partial charge >= 0.3 is 6.09 Å². The van der Waals surface area contributed by atoms with Crippen molar-refractivity contribution < 1.29 is 18.7 Å². The summed E-state index contributed by atoms with van der Waals surface area (Å²) >= 11 is 3.52. The summed E-state index contributed by atoms with van der Waals surface area (Å²) in [5.74, 6) is 0.231. The molecule has 1 unspecified atom stereocenters. The van der Waals surface area contributed by atoms with Gasteiger partial charge < -0.3 is 14.1 Å². The Kier molecular flexibility index (Phi) is 6.60. The van der Waals surface area contributed by atoms with Crippen LogP contribution in [0.1, 0.15) is 88.0 Å². The first-order valence-electron chi connectivity index (χ1n) is 10.5. The molecule has 1 amide bonds. The van der Waals surface area contributed by atoms with Gasteiger partial charge in [0.25, 0.3) is 5.89 Å². The maximum atomic E-state index is 12.9. The van der Waals surface area contributed by atoms with E-state index >= 15 is 0 Å². The molecule has 31 heavy (non-hydrogen) atoms. The van der Waals surface area contributed by atoms with Crippen LogP contribution in [-0.4, -0.2) is 39.1 Å². The Hall–Kier alpha value is -2.22. The second-order valence-electron chi connectivity index (χ2n) is 10.0. The number of amides is 1. The van der Waals surface area contributed by atoms with E-state index in [0.717, 1.165) is 15.6 Å². The normalized spacial score (nSPS) is 17.1. The van der Waals surface area contributed by atoms with Gasteiger partial charge in [-0.1, -0.05) is 42.8 Å². The molecule has 2 aromatic rings. The zero-order valence-electron chi connectivity index (χ0n) is 19.0. The summed E-state index contributed by atoms with van der Waals surface area (Å²) in [5, 5.41) is 8.00. The number of halogens is 1. The van der Waals surface area contributed by atoms with E-state index in [1.165, 1.54) is 0 Å². The molecule has 0 aliphatic carbocycles. The van der Waals surface area contributed by atoms with Gasteiger partial charge in [0, 0.05) is 29.4 Å². The lowest BCUT2D eigenvalue weighted by Gasteiger charge is -2.26. The summed E-state index contributed by atoms with van der Waals surface area (Å²) in [6.45, 7) is 12.4. The van der Waals surface area contributed by atoms with E-state index in [1.54, 1.807) is 4.90 Å². The Balaban J connectivity index is 1.82. The molecule has 0 spiro atoms. The van der Waals surface area contributed by atoms with Crippen LogP contribution in [0.15, 0.2) is 27.1 Å². The van der Waals surface area contributed by atoms with Gasteiger partial charge in [0.2, 0.25) is 11.7 Å². The second kappa shape index (κ2) is 8.73. The standard InChI is InChI=1S/C23H30BrN3O4/c1-22(2,3)20-26-25-19(30-20)18(28)12-14-9-10-27(21(29)31-23(4,5)6)13-15-11-16(24)7-8-17(14)15/h7-8,11,14H,9-10,12-13H2,1-6H3. The predicted octanol–water partition coefficient (Wildman–Crippen LogP) is 5.63. The number of rotatable bonds is 3. The first-order chi connectivity index (χ1) is 14.3. The average molecular weight is 492 g/mol. The number of ketones is 1. The number of nitrogens with zero attached hydrogens (tertiary/aromatic N) is 3. The largest absolute Gasteiger partial charge is 0.444 e. The second-order valence-corrected chi connectivity index (χ2v) is 10.9. The predicted molar refractivity (Wildman–Crippen MR) is 120 cm³/mol. The molecule has 0 N–H and O–H groups in total. The number of aromatic nitrogens is 2. The molecule has 3 rings (SSSR count). The van der Waals surface area contributed by atoms with Gasteiger partial charge in [-0.3, -0.25) is 4.79 Å². The first-order valence-corrected chi connectivity index (χ1v) is 11.3. The fraction of sp³-hybridized carbons (Fsp3) is 0.565. The zero-order chi connectivity index (χ0) is 23.0. The van der Waals surface area contributed by atoms with Crippen molar-refractivity contribution >= 4 is 27.8 Å². The fourth-order valence-electron chi connectivity index (χ4n) is 3.51. The number of hydrogen-bond donors (Lipinski definition) is 0. The highest BCUT2D eigenvalue weighted by Gasteiger charge is 2.31. The van der Waals surface area contributed by atoms with Crippen molar-refractivity contribution in [1.29, 1.82) is 0 Å². The van der Waals surface area contributed by atoms with E-state index < -0.39 is 5.60 Å². The van der Waals surface area contributed by atoms with E-state index in [0.29, 0.717) is 25.4 Å². The number of benzene rings is 1. The molecule has 168 valence electrons. The minimum Gasteiger partial charge on any atom is -0.444 e. The van der Waals surface area contributed by atoms with Crippen LogP contribution in [0.3, 0.4) is 0 Å². The molecule has 1 atom stereocenters. The molecule has 0 saturated heterocycles. The highest BCUT2D eigenvalue weighted by molar-refractivity contribution is 9.10. The number of Topliss-reactive ketones (excluding diaryl/α,β-unsaturated/α-hetero) is 1. The van der Waals surface area contributed by atoms with Crippen molar-refractivity contribution in [2.75, 3.05) is 6.54 Å². The number of hydrogen-bond acceptors (Lipinski definition) is 6. The average Bonchev–Trinajstić information content (AvgIpc) is 3.07. The summed E-state index contributed by atoms with van der Waals surface area (Å²) in [5.41, 5.74) is 1.16. The van der Waals surface area contributed by atoms with Crippen LogP contribution in [0.25, 0.3) is 0 Å². The Morgan fingerprint density at radius 1 is 1.19 bits per heavy atom. The molecule has 1 aromatic heterocycles. The first kappa shape index (κ1) is 23.4. The maximum absolute atomic E-state index is 12.9. The smallest absolute Gasteiger partial charge is 0.410 e. The molecule has 1 aliphatic rings. The minimum absolute atomic E-state index is 0.0387. The molecule has 0 saturated carbocycles. The van der Waals surface area contributed by atoms with Crippen molar-refractivity contribution in [3.05, 3.63) is 45.6 Å². The SMILES string of the molecule is CC(C)(C)OC(=O)N1CCC(CC(=O)c2nnc(C(C)(C)C)o2)c2ccc(Br)cc2C1. The Bertz CT molecular complexity index is 972. The number of ether oxygens (including phenoxy) is 1. The van der Waals surface area contributed by atoms with E-state index in [-0.39, 0.29) is 35.5 Å². The van der Waals surface area contributed by atoms with Crippen LogP contribution >= 0.6 is 15.9 Å². The monoisotopic (exact) mass is 491 g/mol. The van der Waals surface area contributed by atoms with E-state index in [1.807, 2.05) is 59.7 Å². The molecule has 0 fully saturated rings. The van der Waals surface area contributed by atoms with Crippen molar-refractivity contribution in [2.24, 2.45) is 0 Å². The van der Waals surface area contributed by atoms with Crippen LogP contribution in [0.5, 0.6) is 0 Å². The summed E-state index contributed by atoms with van der Waals surface area (Å²) < 4.78 is 12.1. The fourth-order valence-corrected chi connectivity index (χ4v) is 3.91. The van der Waals surface area contributed by atoms with Gasteiger partial charge in [-0.05, 0) is 56.4 Å². The highest BCUT2D eigenvalue weighted by atomic mass is 79.9. The summed E-state index contributed by atoms with van der Waals surface area (Å²) in [4.78, 5) is 27.3. The van der Waals surface area contributed by atoms with Crippen LogP contribution < -0.4 is 0 Å². The van der Waals surface area contributed by atoms with Crippen LogP contribution in [0.4, 0.5) is 4.79 Å². The van der Waals surface area contributed by atoms with E-state index in [2.05, 4.69) is 26.1 Å². The van der Waals surface area contributed by atoms with Crippen molar-refractivity contribution in [1.82, 2.24) is 15.1 Å². The molecule has 0 radical (unpaired) electrons. The quantitative estimate of drug-likeness (QED) is 0.517.